The molecule has 1 rings (SSSR count). The van der Waals surface area contributed by atoms with Crippen LogP contribution in [-0.4, -0.2) is 47.2 Å². The Balaban J connectivity index is 2.42. The van der Waals surface area contributed by atoms with Gasteiger partial charge in [0.1, 0.15) is 5.60 Å². The fraction of sp³-hybridized carbons (Fsp3) is 0.917. The molecule has 100 valence electrons. The third-order valence-corrected chi connectivity index (χ3v) is 3.72. The van der Waals surface area contributed by atoms with Gasteiger partial charge in [0.15, 0.2) is 0 Å². The molecule has 1 saturated heterocycles. The van der Waals surface area contributed by atoms with Gasteiger partial charge >= 0.3 is 6.09 Å². The van der Waals surface area contributed by atoms with E-state index in [4.69, 9.17) is 10.5 Å². The van der Waals surface area contributed by atoms with Crippen molar-refractivity contribution in [3.05, 3.63) is 0 Å². The summed E-state index contributed by atoms with van der Waals surface area (Å²) in [5.74, 6) is 1.93. The Hall–Kier alpha value is -0.420. The van der Waals surface area contributed by atoms with Gasteiger partial charge in [-0.15, -0.1) is 0 Å². The van der Waals surface area contributed by atoms with E-state index in [2.05, 4.69) is 0 Å². The standard InChI is InChI=1S/C12H24N2O2S/c1-12(2,3)16-11(15)14-7-4-5-10(14)9-17-8-6-13/h10H,4-9,13H2,1-3H3/t10-/m0/s1. The number of hydrogen-bond donors (Lipinski definition) is 1. The van der Waals surface area contributed by atoms with Gasteiger partial charge in [0.05, 0.1) is 0 Å². The number of amides is 1. The first kappa shape index (κ1) is 14.6. The van der Waals surface area contributed by atoms with E-state index in [1.807, 2.05) is 37.4 Å². The van der Waals surface area contributed by atoms with Crippen molar-refractivity contribution in [2.75, 3.05) is 24.6 Å². The van der Waals surface area contributed by atoms with Crippen molar-refractivity contribution in [2.45, 2.75) is 45.3 Å². The van der Waals surface area contributed by atoms with Crippen molar-refractivity contribution in [1.29, 1.82) is 0 Å². The van der Waals surface area contributed by atoms with Gasteiger partial charge in [0.25, 0.3) is 0 Å². The normalized spacial score (nSPS) is 20.7. The molecule has 5 heteroatoms. The molecule has 0 radical (unpaired) electrons. The zero-order valence-corrected chi connectivity index (χ0v) is 11.9. The first-order valence-corrected chi connectivity index (χ1v) is 7.37. The van der Waals surface area contributed by atoms with Gasteiger partial charge in [-0.3, -0.25) is 0 Å². The number of carbonyl (C=O) groups is 1. The molecule has 1 heterocycles. The zero-order valence-electron chi connectivity index (χ0n) is 11.1. The molecular weight excluding hydrogens is 236 g/mol. The van der Waals surface area contributed by atoms with Gasteiger partial charge in [-0.2, -0.15) is 11.8 Å². The second-order valence-electron chi connectivity index (χ2n) is 5.33. The summed E-state index contributed by atoms with van der Waals surface area (Å²) >= 11 is 1.82. The van der Waals surface area contributed by atoms with Gasteiger partial charge in [0.2, 0.25) is 0 Å². The lowest BCUT2D eigenvalue weighted by Gasteiger charge is -2.28. The highest BCUT2D eigenvalue weighted by Crippen LogP contribution is 2.23. The van der Waals surface area contributed by atoms with Crippen molar-refractivity contribution in [2.24, 2.45) is 5.73 Å². The van der Waals surface area contributed by atoms with E-state index in [1.54, 1.807) is 0 Å². The van der Waals surface area contributed by atoms with Crippen LogP contribution >= 0.6 is 11.8 Å². The monoisotopic (exact) mass is 260 g/mol. The van der Waals surface area contributed by atoms with Crippen LogP contribution in [0.3, 0.4) is 0 Å². The lowest BCUT2D eigenvalue weighted by molar-refractivity contribution is 0.0242. The number of nitrogens with two attached hydrogens (primary N) is 1. The van der Waals surface area contributed by atoms with Crippen molar-refractivity contribution < 1.29 is 9.53 Å². The smallest absolute Gasteiger partial charge is 0.410 e. The molecule has 1 fully saturated rings. The highest BCUT2D eigenvalue weighted by Gasteiger charge is 2.31. The third kappa shape index (κ3) is 5.17. The van der Waals surface area contributed by atoms with E-state index < -0.39 is 5.60 Å². The van der Waals surface area contributed by atoms with Gasteiger partial charge in [-0.25, -0.2) is 4.79 Å². The molecule has 0 bridgehead atoms. The molecule has 1 amide bonds. The molecule has 0 aliphatic carbocycles. The minimum Gasteiger partial charge on any atom is -0.444 e. The second-order valence-corrected chi connectivity index (χ2v) is 6.48. The Kier molecular flexibility index (Phi) is 5.59. The maximum Gasteiger partial charge on any atom is 0.410 e. The van der Waals surface area contributed by atoms with Gasteiger partial charge in [-0.1, -0.05) is 0 Å². The Labute approximate surface area is 108 Å². The first-order chi connectivity index (χ1) is 7.94. The molecule has 0 aromatic heterocycles. The fourth-order valence-corrected chi connectivity index (χ4v) is 2.82. The number of carbonyl (C=O) groups excluding carboxylic acids is 1. The molecule has 1 aliphatic heterocycles. The molecule has 1 aliphatic rings. The average Bonchev–Trinajstić information content (AvgIpc) is 2.64. The number of thioether (sulfide) groups is 1. The predicted octanol–water partition coefficient (Wildman–Crippen LogP) is 2.08. The molecule has 0 aromatic carbocycles. The van der Waals surface area contributed by atoms with Crippen LogP contribution in [0.25, 0.3) is 0 Å². The van der Waals surface area contributed by atoms with Crippen LogP contribution in [0.1, 0.15) is 33.6 Å². The molecule has 0 saturated carbocycles. The number of rotatable bonds is 4. The zero-order chi connectivity index (χ0) is 12.9. The van der Waals surface area contributed by atoms with Crippen molar-refractivity contribution in [3.8, 4) is 0 Å². The van der Waals surface area contributed by atoms with Crippen molar-refractivity contribution in [1.82, 2.24) is 4.90 Å². The van der Waals surface area contributed by atoms with E-state index in [1.165, 1.54) is 0 Å². The summed E-state index contributed by atoms with van der Waals surface area (Å²) in [5, 5.41) is 0. The highest BCUT2D eigenvalue weighted by molar-refractivity contribution is 7.99. The summed E-state index contributed by atoms with van der Waals surface area (Å²) in [7, 11) is 0. The molecule has 0 spiro atoms. The lowest BCUT2D eigenvalue weighted by atomic mass is 10.2. The number of likely N-dealkylation sites (tertiary alicyclic amines) is 1. The Morgan fingerprint density at radius 2 is 2.24 bits per heavy atom. The number of nitrogens with zero attached hydrogens (tertiary/aromatic N) is 1. The SMILES string of the molecule is CC(C)(C)OC(=O)N1CCC[C@H]1CSCCN. The van der Waals surface area contributed by atoms with E-state index in [0.717, 1.165) is 30.9 Å². The minimum atomic E-state index is -0.408. The van der Waals surface area contributed by atoms with Gasteiger partial charge in [0, 0.05) is 30.6 Å². The van der Waals surface area contributed by atoms with Crippen molar-refractivity contribution in [3.63, 3.8) is 0 Å². The molecule has 0 aromatic rings. The molecule has 0 unspecified atom stereocenters. The van der Waals surface area contributed by atoms with E-state index in [0.29, 0.717) is 12.6 Å². The molecule has 17 heavy (non-hydrogen) atoms. The van der Waals surface area contributed by atoms with Crippen LogP contribution < -0.4 is 5.73 Å². The molecule has 1 atom stereocenters. The van der Waals surface area contributed by atoms with Crippen LogP contribution in [0.4, 0.5) is 4.79 Å². The summed E-state index contributed by atoms with van der Waals surface area (Å²) in [4.78, 5) is 13.8. The maximum absolute atomic E-state index is 12.0. The second kappa shape index (κ2) is 6.50. The van der Waals surface area contributed by atoms with E-state index >= 15 is 0 Å². The first-order valence-electron chi connectivity index (χ1n) is 6.21. The topological polar surface area (TPSA) is 55.6 Å². The van der Waals surface area contributed by atoms with E-state index in [9.17, 15) is 4.79 Å². The van der Waals surface area contributed by atoms with Gasteiger partial charge < -0.3 is 15.4 Å². The Morgan fingerprint density at radius 1 is 1.53 bits per heavy atom. The number of ether oxygens (including phenoxy) is 1. The van der Waals surface area contributed by atoms with Crippen molar-refractivity contribution >= 4 is 17.9 Å². The highest BCUT2D eigenvalue weighted by atomic mass is 32.2. The summed E-state index contributed by atoms with van der Waals surface area (Å²) in [6.07, 6.45) is 1.98. The van der Waals surface area contributed by atoms with Crippen LogP contribution in [0.2, 0.25) is 0 Å². The maximum atomic E-state index is 12.0. The van der Waals surface area contributed by atoms with Gasteiger partial charge in [-0.05, 0) is 33.6 Å². The fourth-order valence-electron chi connectivity index (χ4n) is 1.87. The summed E-state index contributed by atoms with van der Waals surface area (Å²) in [5.41, 5.74) is 5.06. The summed E-state index contributed by atoms with van der Waals surface area (Å²) < 4.78 is 5.41. The van der Waals surface area contributed by atoms with E-state index in [-0.39, 0.29) is 6.09 Å². The Bertz CT molecular complexity index is 253. The largest absolute Gasteiger partial charge is 0.444 e. The minimum absolute atomic E-state index is 0.173. The van der Waals surface area contributed by atoms with Crippen LogP contribution in [0.15, 0.2) is 0 Å². The third-order valence-electron chi connectivity index (χ3n) is 2.58. The quantitative estimate of drug-likeness (QED) is 0.786. The van der Waals surface area contributed by atoms with Crippen LogP contribution in [-0.2, 0) is 4.74 Å². The van der Waals surface area contributed by atoms with Crippen LogP contribution in [0.5, 0.6) is 0 Å². The average molecular weight is 260 g/mol. The number of hydrogen-bond acceptors (Lipinski definition) is 4. The molecule has 2 N–H and O–H groups in total. The Morgan fingerprint density at radius 3 is 2.82 bits per heavy atom. The summed E-state index contributed by atoms with van der Waals surface area (Å²) in [6.45, 7) is 7.23. The van der Waals surface area contributed by atoms with Crippen LogP contribution in [0, 0.1) is 0 Å². The molecular formula is C12H24N2O2S. The lowest BCUT2D eigenvalue weighted by Crippen LogP contribution is -2.40. The summed E-state index contributed by atoms with van der Waals surface area (Å²) in [6, 6.07) is 0.321. The molecule has 4 nitrogen and oxygen atoms in total. The predicted molar refractivity (Wildman–Crippen MR) is 72.3 cm³/mol.